The molecule has 1 aliphatic carbocycles. The van der Waals surface area contributed by atoms with Crippen molar-refractivity contribution in [2.24, 2.45) is 0 Å². The summed E-state index contributed by atoms with van der Waals surface area (Å²) in [7, 11) is 0. The molecule has 66 valence electrons. The summed E-state index contributed by atoms with van der Waals surface area (Å²) in [6.45, 7) is 6.42. The van der Waals surface area contributed by atoms with Crippen molar-refractivity contribution >= 4 is 24.0 Å². The number of hydrogen-bond donors (Lipinski definition) is 0. The molecule has 1 rings (SSSR count). The normalized spacial score (nSPS) is 13.9. The number of hydrogen-bond acceptors (Lipinski definition) is 0. The summed E-state index contributed by atoms with van der Waals surface area (Å²) in [6.07, 6.45) is 10.2. The summed E-state index contributed by atoms with van der Waals surface area (Å²) in [5.74, 6) is 0. The first kappa shape index (κ1) is 13.8. The lowest BCUT2D eigenvalue weighted by Crippen LogP contribution is -1.78. The van der Waals surface area contributed by atoms with E-state index < -0.39 is 0 Å². The maximum atomic E-state index is 2.20. The second-order valence-electron chi connectivity index (χ2n) is 2.69. The number of rotatable bonds is 0. The van der Waals surface area contributed by atoms with Gasteiger partial charge < -0.3 is 0 Å². The third-order valence-corrected chi connectivity index (χ3v) is 1.22. The maximum Gasteiger partial charge on any atom is -0.0285 e. The largest absolute Gasteiger partial charge is 0.107 e. The molecule has 1 heteroatoms. The smallest absolute Gasteiger partial charge is 0.0285 e. The first-order valence-electron chi connectivity index (χ1n) is 4.13. The van der Waals surface area contributed by atoms with Crippen molar-refractivity contribution in [1.82, 2.24) is 0 Å². The zero-order valence-corrected chi connectivity index (χ0v) is 10.1. The third-order valence-electron chi connectivity index (χ3n) is 1.22. The van der Waals surface area contributed by atoms with Crippen LogP contribution < -0.4 is 0 Å². The molecular formula is C10H19I. The number of halogens is 1. The Hall–Kier alpha value is 0.210. The lowest BCUT2D eigenvalue weighted by Gasteiger charge is -1.98. The summed E-state index contributed by atoms with van der Waals surface area (Å²) >= 11 is 0. The van der Waals surface area contributed by atoms with Crippen molar-refractivity contribution in [1.29, 1.82) is 0 Å². The summed E-state index contributed by atoms with van der Waals surface area (Å²) < 4.78 is 0. The molecule has 0 nitrogen and oxygen atoms in total. The van der Waals surface area contributed by atoms with Crippen molar-refractivity contribution in [2.75, 3.05) is 0 Å². The lowest BCUT2D eigenvalue weighted by atomic mass is 10.1. The first-order valence-corrected chi connectivity index (χ1v) is 4.13. The summed E-state index contributed by atoms with van der Waals surface area (Å²) in [5.41, 5.74) is 1.50. The van der Waals surface area contributed by atoms with Crippen molar-refractivity contribution < 1.29 is 0 Å². The van der Waals surface area contributed by atoms with E-state index in [1.54, 1.807) is 0 Å². The van der Waals surface area contributed by atoms with E-state index in [9.17, 15) is 0 Å². The van der Waals surface area contributed by atoms with Crippen molar-refractivity contribution in [2.45, 2.75) is 40.0 Å². The van der Waals surface area contributed by atoms with Crippen molar-refractivity contribution in [3.05, 3.63) is 23.8 Å². The fourth-order valence-corrected chi connectivity index (χ4v) is 0.723. The van der Waals surface area contributed by atoms with Crippen LogP contribution in [-0.2, 0) is 0 Å². The van der Waals surface area contributed by atoms with Gasteiger partial charge in [-0.25, -0.2) is 0 Å². The Balaban J connectivity index is 0. The quantitative estimate of drug-likeness (QED) is 0.573. The van der Waals surface area contributed by atoms with Gasteiger partial charge in [0, 0.05) is 0 Å². The molecule has 0 radical (unpaired) electrons. The van der Waals surface area contributed by atoms with E-state index in [1.165, 1.54) is 24.8 Å². The van der Waals surface area contributed by atoms with Gasteiger partial charge in [-0.1, -0.05) is 44.1 Å². The van der Waals surface area contributed by atoms with Crippen molar-refractivity contribution in [3.63, 3.8) is 0 Å². The molecule has 11 heavy (non-hydrogen) atoms. The van der Waals surface area contributed by atoms with Gasteiger partial charge in [0.1, 0.15) is 0 Å². The Labute approximate surface area is 87.8 Å². The SMILES string of the molecule is CC1=CC=CCC1.CCC.I. The van der Waals surface area contributed by atoms with Gasteiger partial charge >= 0.3 is 0 Å². The molecule has 0 aromatic rings. The highest BCUT2D eigenvalue weighted by atomic mass is 127. The molecule has 0 saturated heterocycles. The van der Waals surface area contributed by atoms with Gasteiger partial charge in [0.25, 0.3) is 0 Å². The van der Waals surface area contributed by atoms with Gasteiger partial charge in [-0.3, -0.25) is 0 Å². The van der Waals surface area contributed by atoms with E-state index in [0.29, 0.717) is 0 Å². The Morgan fingerprint density at radius 3 is 2.09 bits per heavy atom. The van der Waals surface area contributed by atoms with Crippen LogP contribution in [0, 0.1) is 0 Å². The van der Waals surface area contributed by atoms with Gasteiger partial charge in [0.15, 0.2) is 0 Å². The van der Waals surface area contributed by atoms with Crippen LogP contribution in [0.4, 0.5) is 0 Å². The third kappa shape index (κ3) is 10.2. The van der Waals surface area contributed by atoms with Crippen LogP contribution in [0.2, 0.25) is 0 Å². The van der Waals surface area contributed by atoms with Crippen molar-refractivity contribution in [3.8, 4) is 0 Å². The van der Waals surface area contributed by atoms with Crippen LogP contribution in [0.15, 0.2) is 23.8 Å². The highest BCUT2D eigenvalue weighted by Gasteiger charge is 1.88. The van der Waals surface area contributed by atoms with Gasteiger partial charge in [-0.15, -0.1) is 24.0 Å². The summed E-state index contributed by atoms with van der Waals surface area (Å²) in [5, 5.41) is 0. The monoisotopic (exact) mass is 266 g/mol. The van der Waals surface area contributed by atoms with Crippen LogP contribution in [0.5, 0.6) is 0 Å². The molecule has 1 aliphatic rings. The molecule has 0 N–H and O–H groups in total. The molecule has 0 fully saturated rings. The van der Waals surface area contributed by atoms with Crippen LogP contribution >= 0.6 is 24.0 Å². The summed E-state index contributed by atoms with van der Waals surface area (Å²) in [4.78, 5) is 0. The minimum atomic E-state index is 0. The van der Waals surface area contributed by atoms with Crippen LogP contribution in [0.1, 0.15) is 40.0 Å². The van der Waals surface area contributed by atoms with Gasteiger partial charge in [0.2, 0.25) is 0 Å². The fraction of sp³-hybridized carbons (Fsp3) is 0.600. The zero-order valence-electron chi connectivity index (χ0n) is 7.76. The van der Waals surface area contributed by atoms with E-state index in [2.05, 4.69) is 39.0 Å². The topological polar surface area (TPSA) is 0 Å². The second-order valence-corrected chi connectivity index (χ2v) is 2.69. The molecular weight excluding hydrogens is 247 g/mol. The van der Waals surface area contributed by atoms with Crippen LogP contribution in [0.25, 0.3) is 0 Å². The van der Waals surface area contributed by atoms with Gasteiger partial charge in [0.05, 0.1) is 0 Å². The van der Waals surface area contributed by atoms with Gasteiger partial charge in [-0.05, 0) is 19.8 Å². The van der Waals surface area contributed by atoms with Crippen LogP contribution in [0.3, 0.4) is 0 Å². The molecule has 0 aliphatic heterocycles. The minimum Gasteiger partial charge on any atom is -0.107 e. The van der Waals surface area contributed by atoms with E-state index in [-0.39, 0.29) is 24.0 Å². The molecule has 0 spiro atoms. The Morgan fingerprint density at radius 2 is 1.91 bits per heavy atom. The standard InChI is InChI=1S/C7H10.C3H8.HI/c1-7-5-3-2-4-6-7;1-3-2;/h2-3,5H,4,6H2,1H3;3H2,1-2H3;1H. The fourth-order valence-electron chi connectivity index (χ4n) is 0.723. The molecule has 0 aromatic carbocycles. The highest BCUT2D eigenvalue weighted by Crippen LogP contribution is 2.08. The average molecular weight is 266 g/mol. The molecule has 0 atom stereocenters. The second kappa shape index (κ2) is 10.2. The van der Waals surface area contributed by atoms with E-state index >= 15 is 0 Å². The van der Waals surface area contributed by atoms with E-state index in [4.69, 9.17) is 0 Å². The lowest BCUT2D eigenvalue weighted by molar-refractivity contribution is 0.962. The Kier molecular flexibility index (Phi) is 12.8. The molecule has 0 bridgehead atoms. The zero-order chi connectivity index (χ0) is 7.82. The molecule has 0 saturated carbocycles. The molecule has 0 aromatic heterocycles. The first-order chi connectivity index (χ1) is 4.81. The van der Waals surface area contributed by atoms with Crippen LogP contribution in [-0.4, -0.2) is 0 Å². The minimum absolute atomic E-state index is 0. The summed E-state index contributed by atoms with van der Waals surface area (Å²) in [6, 6.07) is 0. The molecule has 0 amide bonds. The maximum absolute atomic E-state index is 2.20. The predicted octanol–water partition coefficient (Wildman–Crippen LogP) is 4.32. The Bertz CT molecular complexity index is 123. The highest BCUT2D eigenvalue weighted by molar-refractivity contribution is 14.0. The molecule has 0 unspecified atom stereocenters. The van der Waals surface area contributed by atoms with E-state index in [0.717, 1.165) is 0 Å². The van der Waals surface area contributed by atoms with E-state index in [1.807, 2.05) is 0 Å². The molecule has 0 heterocycles. The number of allylic oxidation sites excluding steroid dienone is 4. The Morgan fingerprint density at radius 1 is 1.36 bits per heavy atom. The van der Waals surface area contributed by atoms with Gasteiger partial charge in [-0.2, -0.15) is 0 Å². The predicted molar refractivity (Wildman–Crippen MR) is 63.5 cm³/mol. The average Bonchev–Trinajstić information content (AvgIpc) is 1.91.